The number of carbonyl (C=O) groups is 2. The highest BCUT2D eigenvalue weighted by atomic mass is 19.1. The summed E-state index contributed by atoms with van der Waals surface area (Å²) in [5.74, 6) is -2.88. The Hall–Kier alpha value is -3.34. The highest BCUT2D eigenvalue weighted by Gasteiger charge is 2.53. The molecule has 1 aromatic carbocycles. The normalized spacial score (nSPS) is 22.0. The number of nitrogens with two attached hydrogens (primary N) is 1. The van der Waals surface area contributed by atoms with Crippen molar-refractivity contribution in [3.05, 3.63) is 52.9 Å². The van der Waals surface area contributed by atoms with Crippen molar-refractivity contribution in [2.45, 2.75) is 5.41 Å². The molecule has 3 rings (SSSR count). The van der Waals surface area contributed by atoms with Crippen molar-refractivity contribution in [3.8, 4) is 6.07 Å². The quantitative estimate of drug-likeness (QED) is 0.741. The van der Waals surface area contributed by atoms with E-state index in [-0.39, 0.29) is 16.9 Å². The third-order valence-corrected chi connectivity index (χ3v) is 3.72. The van der Waals surface area contributed by atoms with E-state index >= 15 is 0 Å². The number of methoxy groups -OCH3 is 1. The number of rotatable bonds is 1. The van der Waals surface area contributed by atoms with E-state index in [1.807, 2.05) is 0 Å². The van der Waals surface area contributed by atoms with Crippen LogP contribution < -0.4 is 11.1 Å². The van der Waals surface area contributed by atoms with Gasteiger partial charge in [0.25, 0.3) is 0 Å². The number of nitrogens with one attached hydrogen (secondary N) is 1. The first-order chi connectivity index (χ1) is 10.9. The Balaban J connectivity index is 2.33. The number of anilines is 1. The first kappa shape index (κ1) is 14.6. The fourth-order valence-corrected chi connectivity index (χ4v) is 2.69. The van der Waals surface area contributed by atoms with Crippen molar-refractivity contribution >= 4 is 17.6 Å². The predicted molar refractivity (Wildman–Crippen MR) is 74.7 cm³/mol. The van der Waals surface area contributed by atoms with Crippen molar-refractivity contribution in [1.82, 2.24) is 0 Å². The second-order valence-electron chi connectivity index (χ2n) is 4.91. The average molecular weight is 315 g/mol. The SMILES string of the molecule is COC(=O)C1=C[C@]2(C(=O)Nc3ccc(F)cc32)C(C#N)=C(N)O1. The lowest BCUT2D eigenvalue weighted by Crippen LogP contribution is -2.40. The van der Waals surface area contributed by atoms with Gasteiger partial charge in [0.1, 0.15) is 22.9 Å². The number of carbonyl (C=O) groups excluding carboxylic acids is 2. The molecule has 0 aliphatic carbocycles. The molecule has 0 aromatic heterocycles. The van der Waals surface area contributed by atoms with Gasteiger partial charge < -0.3 is 20.5 Å². The summed E-state index contributed by atoms with van der Waals surface area (Å²) in [6.45, 7) is 0. The molecule has 3 N–H and O–H groups in total. The highest BCUT2D eigenvalue weighted by Crippen LogP contribution is 2.47. The standard InChI is InChI=1S/C15H10FN3O4/c1-22-13(20)11-5-15(9(6-17)12(18)23-11)8-4-7(16)2-3-10(8)19-14(15)21/h2-5H,18H2,1H3,(H,19,21)/t15-/m1/s1. The van der Waals surface area contributed by atoms with Gasteiger partial charge in [0.2, 0.25) is 17.5 Å². The maximum absolute atomic E-state index is 13.7. The number of esters is 1. The fourth-order valence-electron chi connectivity index (χ4n) is 2.69. The molecule has 0 bridgehead atoms. The van der Waals surface area contributed by atoms with Gasteiger partial charge in [-0.2, -0.15) is 5.26 Å². The second-order valence-corrected chi connectivity index (χ2v) is 4.91. The minimum absolute atomic E-state index is 0.173. The van der Waals surface area contributed by atoms with E-state index in [0.29, 0.717) is 5.69 Å². The summed E-state index contributed by atoms with van der Waals surface area (Å²) in [6, 6.07) is 5.44. The number of halogens is 1. The van der Waals surface area contributed by atoms with Gasteiger partial charge >= 0.3 is 5.97 Å². The Labute approximate surface area is 129 Å². The molecular formula is C15H10FN3O4. The minimum atomic E-state index is -1.74. The summed E-state index contributed by atoms with van der Waals surface area (Å²) in [5.41, 5.74) is 4.22. The van der Waals surface area contributed by atoms with Crippen molar-refractivity contribution < 1.29 is 23.5 Å². The molecule has 0 unspecified atom stereocenters. The van der Waals surface area contributed by atoms with Crippen LogP contribution in [0.15, 0.2) is 41.5 Å². The van der Waals surface area contributed by atoms with E-state index in [9.17, 15) is 19.2 Å². The molecule has 7 nitrogen and oxygen atoms in total. The number of fused-ring (bicyclic) bond motifs is 2. The molecule has 0 saturated heterocycles. The molecule has 8 heteroatoms. The van der Waals surface area contributed by atoms with Crippen LogP contribution in [0, 0.1) is 17.1 Å². The number of ether oxygens (including phenoxy) is 2. The predicted octanol–water partition coefficient (Wildman–Crippen LogP) is 0.797. The fraction of sp³-hybridized carbons (Fsp3) is 0.133. The van der Waals surface area contributed by atoms with Gasteiger partial charge in [0.15, 0.2) is 0 Å². The van der Waals surface area contributed by atoms with E-state index in [1.54, 1.807) is 6.07 Å². The number of hydrogen-bond donors (Lipinski definition) is 2. The van der Waals surface area contributed by atoms with Crippen molar-refractivity contribution in [1.29, 1.82) is 5.26 Å². The minimum Gasteiger partial charge on any atom is -0.463 e. The number of hydrogen-bond acceptors (Lipinski definition) is 6. The van der Waals surface area contributed by atoms with Crippen LogP contribution in [0.3, 0.4) is 0 Å². The van der Waals surface area contributed by atoms with Gasteiger partial charge in [0.05, 0.1) is 7.11 Å². The van der Waals surface area contributed by atoms with Crippen LogP contribution in [0.1, 0.15) is 5.56 Å². The van der Waals surface area contributed by atoms with Crippen LogP contribution in [0.25, 0.3) is 0 Å². The van der Waals surface area contributed by atoms with E-state index in [4.69, 9.17) is 10.5 Å². The maximum atomic E-state index is 13.7. The van der Waals surface area contributed by atoms with Crippen LogP contribution in [-0.2, 0) is 24.5 Å². The van der Waals surface area contributed by atoms with E-state index in [1.165, 1.54) is 12.1 Å². The van der Waals surface area contributed by atoms with Crippen LogP contribution >= 0.6 is 0 Å². The van der Waals surface area contributed by atoms with Gasteiger partial charge in [-0.05, 0) is 24.3 Å². The molecule has 0 radical (unpaired) electrons. The Morgan fingerprint density at radius 2 is 2.26 bits per heavy atom. The van der Waals surface area contributed by atoms with E-state index < -0.39 is 29.0 Å². The lowest BCUT2D eigenvalue weighted by molar-refractivity contribution is -0.139. The van der Waals surface area contributed by atoms with Gasteiger partial charge in [-0.1, -0.05) is 0 Å². The average Bonchev–Trinajstić information content (AvgIpc) is 2.79. The van der Waals surface area contributed by atoms with Crippen LogP contribution in [0.4, 0.5) is 10.1 Å². The lowest BCUT2D eigenvalue weighted by Gasteiger charge is -2.28. The van der Waals surface area contributed by atoms with Gasteiger partial charge in [-0.15, -0.1) is 0 Å². The summed E-state index contributed by atoms with van der Waals surface area (Å²) in [7, 11) is 1.13. The Bertz CT molecular complexity index is 853. The third-order valence-electron chi connectivity index (χ3n) is 3.72. The maximum Gasteiger partial charge on any atom is 0.373 e. The Kier molecular flexibility index (Phi) is 3.07. The summed E-state index contributed by atoms with van der Waals surface area (Å²) < 4.78 is 23.3. The lowest BCUT2D eigenvalue weighted by atomic mass is 9.74. The van der Waals surface area contributed by atoms with E-state index in [2.05, 4.69) is 10.1 Å². The van der Waals surface area contributed by atoms with Crippen molar-refractivity contribution in [3.63, 3.8) is 0 Å². The molecular weight excluding hydrogens is 305 g/mol. The van der Waals surface area contributed by atoms with Gasteiger partial charge in [0, 0.05) is 11.3 Å². The number of nitriles is 1. The van der Waals surface area contributed by atoms with Gasteiger partial charge in [-0.25, -0.2) is 9.18 Å². The molecule has 2 aliphatic rings. The largest absolute Gasteiger partial charge is 0.463 e. The highest BCUT2D eigenvalue weighted by molar-refractivity contribution is 6.12. The Morgan fingerprint density at radius 3 is 2.91 bits per heavy atom. The smallest absolute Gasteiger partial charge is 0.373 e. The summed E-state index contributed by atoms with van der Waals surface area (Å²) >= 11 is 0. The molecule has 23 heavy (non-hydrogen) atoms. The molecule has 116 valence electrons. The molecule has 2 aliphatic heterocycles. The second kappa shape index (κ2) is 4.84. The molecule has 0 fully saturated rings. The van der Waals surface area contributed by atoms with Crippen LogP contribution in [-0.4, -0.2) is 19.0 Å². The summed E-state index contributed by atoms with van der Waals surface area (Å²) in [5, 5.41) is 11.9. The molecule has 1 amide bonds. The molecule has 1 aromatic rings. The van der Waals surface area contributed by atoms with E-state index in [0.717, 1.165) is 19.3 Å². The topological polar surface area (TPSA) is 114 Å². The zero-order chi connectivity index (χ0) is 16.8. The summed E-state index contributed by atoms with van der Waals surface area (Å²) in [6.07, 6.45) is 1.12. The van der Waals surface area contributed by atoms with Crippen molar-refractivity contribution in [2.75, 3.05) is 12.4 Å². The van der Waals surface area contributed by atoms with Crippen LogP contribution in [0.2, 0.25) is 0 Å². The first-order valence-corrected chi connectivity index (χ1v) is 6.45. The first-order valence-electron chi connectivity index (χ1n) is 6.45. The zero-order valence-corrected chi connectivity index (χ0v) is 11.8. The van der Waals surface area contributed by atoms with Gasteiger partial charge in [-0.3, -0.25) is 4.79 Å². The number of nitrogens with zero attached hydrogens (tertiary/aromatic N) is 1. The molecule has 0 saturated carbocycles. The zero-order valence-electron chi connectivity index (χ0n) is 11.8. The summed E-state index contributed by atoms with van der Waals surface area (Å²) in [4.78, 5) is 24.3. The molecule has 1 spiro atoms. The molecule has 1 atom stereocenters. The van der Waals surface area contributed by atoms with Crippen LogP contribution in [0.5, 0.6) is 0 Å². The third kappa shape index (κ3) is 1.87. The Morgan fingerprint density at radius 1 is 1.52 bits per heavy atom. The molecule has 2 heterocycles. The monoisotopic (exact) mass is 315 g/mol. The van der Waals surface area contributed by atoms with Crippen molar-refractivity contribution in [2.24, 2.45) is 5.73 Å². The number of benzene rings is 1. The number of amides is 1.